The van der Waals surface area contributed by atoms with Crippen LogP contribution in [0, 0.1) is 6.92 Å². The third-order valence-corrected chi connectivity index (χ3v) is 3.19. The second-order valence-electron chi connectivity index (χ2n) is 4.45. The molecule has 2 aromatic rings. The average molecular weight is 258 g/mol. The van der Waals surface area contributed by atoms with Crippen molar-refractivity contribution in [1.82, 2.24) is 14.9 Å². The van der Waals surface area contributed by atoms with E-state index in [0.717, 1.165) is 5.69 Å². The van der Waals surface area contributed by atoms with E-state index in [0.29, 0.717) is 24.3 Å². The van der Waals surface area contributed by atoms with Gasteiger partial charge in [0.25, 0.3) is 5.91 Å². The summed E-state index contributed by atoms with van der Waals surface area (Å²) in [5, 5.41) is 2.89. The van der Waals surface area contributed by atoms with Crippen molar-refractivity contribution < 1.29 is 4.79 Å². The van der Waals surface area contributed by atoms with Crippen molar-refractivity contribution >= 4 is 5.91 Å². The fourth-order valence-corrected chi connectivity index (χ4v) is 1.85. The average Bonchev–Trinajstić information content (AvgIpc) is 2.76. The van der Waals surface area contributed by atoms with Crippen LogP contribution in [0.15, 0.2) is 30.5 Å². The third-order valence-electron chi connectivity index (χ3n) is 3.19. The summed E-state index contributed by atoms with van der Waals surface area (Å²) >= 11 is 0. The molecular weight excluding hydrogens is 240 g/mol. The number of carbonyl (C=O) groups excluding carboxylic acids is 1. The van der Waals surface area contributed by atoms with Crippen LogP contribution in [0.2, 0.25) is 0 Å². The van der Waals surface area contributed by atoms with Crippen LogP contribution in [-0.2, 0) is 20.1 Å². The minimum absolute atomic E-state index is 0.115. The Labute approximate surface area is 112 Å². The zero-order valence-corrected chi connectivity index (χ0v) is 11.2. The summed E-state index contributed by atoms with van der Waals surface area (Å²) < 4.78 is 2.05. The lowest BCUT2D eigenvalue weighted by Gasteiger charge is -2.08. The van der Waals surface area contributed by atoms with Gasteiger partial charge in [0, 0.05) is 36.7 Å². The van der Waals surface area contributed by atoms with E-state index in [-0.39, 0.29) is 5.91 Å². The number of nitrogens with one attached hydrogen (secondary N) is 1. The molecule has 0 unspecified atom stereocenters. The highest BCUT2D eigenvalue weighted by molar-refractivity contribution is 5.94. The molecule has 5 nitrogen and oxygen atoms in total. The molecule has 0 bridgehead atoms. The highest BCUT2D eigenvalue weighted by Gasteiger charge is 2.07. The highest BCUT2D eigenvalue weighted by Crippen LogP contribution is 2.06. The van der Waals surface area contributed by atoms with Crippen molar-refractivity contribution in [3.63, 3.8) is 0 Å². The van der Waals surface area contributed by atoms with Gasteiger partial charge in [-0.2, -0.15) is 0 Å². The number of carbonyl (C=O) groups is 1. The van der Waals surface area contributed by atoms with Crippen molar-refractivity contribution in [2.75, 3.05) is 0 Å². The number of nitrogens with zero attached hydrogens (tertiary/aromatic N) is 2. The first-order valence-electron chi connectivity index (χ1n) is 6.16. The third kappa shape index (κ3) is 3.00. The van der Waals surface area contributed by atoms with Crippen molar-refractivity contribution in [2.24, 2.45) is 12.8 Å². The Hall–Kier alpha value is -2.14. The predicted octanol–water partition coefficient (Wildman–Crippen LogP) is 1.12. The molecule has 0 saturated heterocycles. The molecule has 0 atom stereocenters. The summed E-state index contributed by atoms with van der Waals surface area (Å²) in [6, 6.07) is 7.43. The quantitative estimate of drug-likeness (QED) is 0.863. The van der Waals surface area contributed by atoms with Crippen LogP contribution >= 0.6 is 0 Å². The van der Waals surface area contributed by atoms with Gasteiger partial charge < -0.3 is 15.6 Å². The number of pyridine rings is 1. The van der Waals surface area contributed by atoms with Crippen molar-refractivity contribution in [1.29, 1.82) is 0 Å². The number of rotatable bonds is 4. The summed E-state index contributed by atoms with van der Waals surface area (Å²) in [4.78, 5) is 16.1. The topological polar surface area (TPSA) is 72.9 Å². The van der Waals surface area contributed by atoms with Gasteiger partial charge in [0.2, 0.25) is 0 Å². The molecule has 19 heavy (non-hydrogen) atoms. The van der Waals surface area contributed by atoms with Gasteiger partial charge in [0.1, 0.15) is 0 Å². The molecule has 100 valence electrons. The summed E-state index contributed by atoms with van der Waals surface area (Å²) in [6.45, 7) is 2.86. The first-order chi connectivity index (χ1) is 9.11. The maximum atomic E-state index is 12.0. The molecule has 1 amide bonds. The minimum atomic E-state index is -0.115. The number of hydrogen-bond acceptors (Lipinski definition) is 3. The Bertz CT molecular complexity index is 589. The maximum Gasteiger partial charge on any atom is 0.251 e. The van der Waals surface area contributed by atoms with Crippen LogP contribution in [0.5, 0.6) is 0 Å². The highest BCUT2D eigenvalue weighted by atomic mass is 16.1. The second kappa shape index (κ2) is 5.67. The van der Waals surface area contributed by atoms with Crippen LogP contribution in [0.4, 0.5) is 0 Å². The van der Waals surface area contributed by atoms with E-state index in [4.69, 9.17) is 5.73 Å². The van der Waals surface area contributed by atoms with E-state index < -0.39 is 0 Å². The first-order valence-corrected chi connectivity index (χ1v) is 6.16. The predicted molar refractivity (Wildman–Crippen MR) is 73.4 cm³/mol. The lowest BCUT2D eigenvalue weighted by Crippen LogP contribution is -2.24. The summed E-state index contributed by atoms with van der Waals surface area (Å²) in [6.07, 6.45) is 1.60. The molecule has 2 aromatic heterocycles. The lowest BCUT2D eigenvalue weighted by molar-refractivity contribution is 0.0950. The first kappa shape index (κ1) is 13.3. The number of hydrogen-bond donors (Lipinski definition) is 2. The molecule has 0 aliphatic carbocycles. The van der Waals surface area contributed by atoms with Crippen LogP contribution in [0.25, 0.3) is 0 Å². The molecule has 0 aliphatic heterocycles. The Morgan fingerprint density at radius 3 is 2.84 bits per heavy atom. The molecule has 0 radical (unpaired) electrons. The van der Waals surface area contributed by atoms with Crippen molar-refractivity contribution in [3.05, 3.63) is 53.1 Å². The molecule has 5 heteroatoms. The van der Waals surface area contributed by atoms with E-state index in [9.17, 15) is 4.79 Å². The van der Waals surface area contributed by atoms with Gasteiger partial charge in [-0.3, -0.25) is 9.78 Å². The maximum absolute atomic E-state index is 12.0. The standard InChI is InChI=1S/C14H18N4O/c1-10-3-4-13(18(10)2)9-17-14(19)11-5-6-16-12(7-11)8-15/h3-7H,8-9,15H2,1-2H3,(H,17,19). The number of aromatic nitrogens is 2. The van der Waals surface area contributed by atoms with Gasteiger partial charge >= 0.3 is 0 Å². The molecule has 0 saturated carbocycles. The minimum Gasteiger partial charge on any atom is -0.350 e. The van der Waals surface area contributed by atoms with Crippen LogP contribution in [0.1, 0.15) is 27.4 Å². The van der Waals surface area contributed by atoms with E-state index in [1.165, 1.54) is 5.69 Å². The Kier molecular flexibility index (Phi) is 3.97. The fourth-order valence-electron chi connectivity index (χ4n) is 1.85. The van der Waals surface area contributed by atoms with E-state index >= 15 is 0 Å². The van der Waals surface area contributed by atoms with E-state index in [2.05, 4.69) is 14.9 Å². The Morgan fingerprint density at radius 1 is 1.42 bits per heavy atom. The van der Waals surface area contributed by atoms with Crippen LogP contribution in [0.3, 0.4) is 0 Å². The van der Waals surface area contributed by atoms with Gasteiger partial charge in [0.15, 0.2) is 0 Å². The smallest absolute Gasteiger partial charge is 0.251 e. The number of aryl methyl sites for hydroxylation is 1. The Balaban J connectivity index is 2.03. The summed E-state index contributed by atoms with van der Waals surface area (Å²) in [5.74, 6) is -0.115. The molecular formula is C14H18N4O. The molecule has 2 heterocycles. The zero-order chi connectivity index (χ0) is 13.8. The molecule has 2 rings (SSSR count). The molecule has 0 spiro atoms. The molecule has 0 fully saturated rings. The molecule has 3 N–H and O–H groups in total. The Morgan fingerprint density at radius 2 is 2.21 bits per heavy atom. The molecule has 0 aromatic carbocycles. The SMILES string of the molecule is Cc1ccc(CNC(=O)c2ccnc(CN)c2)n1C. The van der Waals surface area contributed by atoms with Crippen LogP contribution in [-0.4, -0.2) is 15.5 Å². The van der Waals surface area contributed by atoms with Gasteiger partial charge in [-0.25, -0.2) is 0 Å². The van der Waals surface area contributed by atoms with E-state index in [1.54, 1.807) is 18.3 Å². The van der Waals surface area contributed by atoms with Crippen molar-refractivity contribution in [2.45, 2.75) is 20.0 Å². The van der Waals surface area contributed by atoms with Gasteiger partial charge in [0.05, 0.1) is 12.2 Å². The summed E-state index contributed by atoms with van der Waals surface area (Å²) in [5.41, 5.74) is 9.04. The normalized spacial score (nSPS) is 10.5. The van der Waals surface area contributed by atoms with Crippen LogP contribution < -0.4 is 11.1 Å². The second-order valence-corrected chi connectivity index (χ2v) is 4.45. The zero-order valence-electron chi connectivity index (χ0n) is 11.2. The van der Waals surface area contributed by atoms with E-state index in [1.807, 2.05) is 26.1 Å². The number of nitrogens with two attached hydrogens (primary N) is 1. The fraction of sp³-hybridized carbons (Fsp3) is 0.286. The lowest BCUT2D eigenvalue weighted by atomic mass is 10.2. The van der Waals surface area contributed by atoms with Gasteiger partial charge in [-0.05, 0) is 31.2 Å². The summed E-state index contributed by atoms with van der Waals surface area (Å²) in [7, 11) is 1.98. The molecule has 0 aliphatic rings. The monoisotopic (exact) mass is 258 g/mol. The van der Waals surface area contributed by atoms with Crippen molar-refractivity contribution in [3.8, 4) is 0 Å². The largest absolute Gasteiger partial charge is 0.350 e. The van der Waals surface area contributed by atoms with Gasteiger partial charge in [-0.1, -0.05) is 0 Å². The van der Waals surface area contributed by atoms with Gasteiger partial charge in [-0.15, -0.1) is 0 Å². The number of amides is 1.